The fourth-order valence-corrected chi connectivity index (χ4v) is 6.18. The van der Waals surface area contributed by atoms with E-state index in [1.54, 1.807) is 36.4 Å². The number of fused-ring (bicyclic) bond motifs is 1. The third-order valence-corrected chi connectivity index (χ3v) is 8.94. The molecular formula is C32H35ClFN3O2. The summed E-state index contributed by atoms with van der Waals surface area (Å²) in [4.78, 5) is 30.6. The number of likely N-dealkylation sites (tertiary alicyclic amines) is 1. The van der Waals surface area contributed by atoms with Crippen LogP contribution < -0.4 is 10.2 Å². The minimum Gasteiger partial charge on any atom is -0.375 e. The molecule has 5 rings (SSSR count). The Balaban J connectivity index is 1.24. The van der Waals surface area contributed by atoms with E-state index in [0.29, 0.717) is 16.1 Å². The number of nitrogens with zero attached hydrogens (tertiary/aromatic N) is 2. The Morgan fingerprint density at radius 2 is 1.90 bits per heavy atom. The number of hydrogen-bond donors (Lipinski definition) is 1. The van der Waals surface area contributed by atoms with Crippen LogP contribution in [0.2, 0.25) is 5.02 Å². The van der Waals surface area contributed by atoms with Gasteiger partial charge in [0.25, 0.3) is 11.8 Å². The predicted octanol–water partition coefficient (Wildman–Crippen LogP) is 6.67. The topological polar surface area (TPSA) is 52.6 Å². The van der Waals surface area contributed by atoms with Crippen molar-refractivity contribution in [3.63, 3.8) is 0 Å². The molecule has 2 atom stereocenters. The number of anilines is 1. The number of rotatable bonds is 8. The molecule has 0 bridgehead atoms. The minimum absolute atomic E-state index is 0.0445. The smallest absolute Gasteiger partial charge is 0.253 e. The molecule has 3 aromatic carbocycles. The summed E-state index contributed by atoms with van der Waals surface area (Å²) in [6, 6.07) is 19.4. The van der Waals surface area contributed by atoms with Crippen LogP contribution in [-0.4, -0.2) is 43.4 Å². The van der Waals surface area contributed by atoms with Crippen molar-refractivity contribution in [2.45, 2.75) is 45.1 Å². The van der Waals surface area contributed by atoms with Crippen LogP contribution in [0.15, 0.2) is 66.7 Å². The van der Waals surface area contributed by atoms with Gasteiger partial charge in [-0.2, -0.15) is 0 Å². The van der Waals surface area contributed by atoms with Gasteiger partial charge in [0.15, 0.2) is 0 Å². The molecule has 1 saturated heterocycles. The zero-order chi connectivity index (χ0) is 27.6. The van der Waals surface area contributed by atoms with Gasteiger partial charge in [0.1, 0.15) is 5.82 Å². The highest BCUT2D eigenvalue weighted by Gasteiger charge is 2.39. The van der Waals surface area contributed by atoms with Crippen LogP contribution in [0.1, 0.15) is 70.5 Å². The van der Waals surface area contributed by atoms with Gasteiger partial charge in [-0.05, 0) is 97.2 Å². The van der Waals surface area contributed by atoms with Crippen molar-refractivity contribution in [3.8, 4) is 0 Å². The average molecular weight is 548 g/mol. The van der Waals surface area contributed by atoms with E-state index in [2.05, 4.69) is 17.1 Å². The third kappa shape index (κ3) is 5.81. The lowest BCUT2D eigenvalue weighted by Crippen LogP contribution is -2.34. The second-order valence-electron chi connectivity index (χ2n) is 10.9. The van der Waals surface area contributed by atoms with E-state index in [-0.39, 0.29) is 29.1 Å². The molecule has 204 valence electrons. The quantitative estimate of drug-likeness (QED) is 0.343. The number of carbonyl (C=O) groups excluding carboxylic acids is 2. The third-order valence-electron chi connectivity index (χ3n) is 8.61. The molecule has 39 heavy (non-hydrogen) atoms. The van der Waals surface area contributed by atoms with Crippen LogP contribution in [0, 0.1) is 11.2 Å². The number of aryl methyl sites for hydroxylation is 1. The van der Waals surface area contributed by atoms with Crippen molar-refractivity contribution in [3.05, 3.63) is 99.8 Å². The van der Waals surface area contributed by atoms with Gasteiger partial charge < -0.3 is 15.1 Å². The molecule has 2 aliphatic rings. The Bertz CT molecular complexity index is 1360. The zero-order valence-corrected chi connectivity index (χ0v) is 23.3. The summed E-state index contributed by atoms with van der Waals surface area (Å²) < 4.78 is 13.3. The van der Waals surface area contributed by atoms with Gasteiger partial charge in [0, 0.05) is 37.9 Å². The molecule has 0 aromatic heterocycles. The zero-order valence-electron chi connectivity index (χ0n) is 22.6. The second kappa shape index (κ2) is 11.4. The monoisotopic (exact) mass is 547 g/mol. The Hall–Kier alpha value is -3.38. The first-order valence-corrected chi connectivity index (χ1v) is 14.1. The second-order valence-corrected chi connectivity index (χ2v) is 11.3. The minimum atomic E-state index is -0.233. The van der Waals surface area contributed by atoms with Crippen LogP contribution in [0.3, 0.4) is 0 Å². The van der Waals surface area contributed by atoms with Gasteiger partial charge in [-0.1, -0.05) is 36.7 Å². The molecular weight excluding hydrogens is 513 g/mol. The number of amides is 2. The van der Waals surface area contributed by atoms with Crippen molar-refractivity contribution < 1.29 is 14.0 Å². The number of hydrogen-bond acceptors (Lipinski definition) is 3. The van der Waals surface area contributed by atoms with Gasteiger partial charge in [0.2, 0.25) is 0 Å². The van der Waals surface area contributed by atoms with Gasteiger partial charge in [-0.3, -0.25) is 9.59 Å². The molecule has 5 nitrogen and oxygen atoms in total. The maximum Gasteiger partial charge on any atom is 0.253 e. The Labute approximate surface area is 235 Å². The standard InChI is InChI=1S/C32H35ClFN3O2/c1-3-32(16-18-36(2)25-13-11-24(34)12-14-25)17-19-37(21-32)31(39)23-9-8-22-10-15-29(27(22)20-23)35-30(38)26-6-4-5-7-28(26)33/h4-9,11-14,20,29H,3,10,15-19,21H2,1-2H3,(H,35,38). The van der Waals surface area contributed by atoms with E-state index < -0.39 is 0 Å². The van der Waals surface area contributed by atoms with E-state index in [1.165, 1.54) is 17.7 Å². The number of carbonyl (C=O) groups is 2. The maximum absolute atomic E-state index is 13.6. The lowest BCUT2D eigenvalue weighted by atomic mass is 9.81. The van der Waals surface area contributed by atoms with E-state index in [9.17, 15) is 14.0 Å². The van der Waals surface area contributed by atoms with E-state index in [0.717, 1.165) is 63.0 Å². The molecule has 1 fully saturated rings. The van der Waals surface area contributed by atoms with Crippen LogP contribution in [0.5, 0.6) is 0 Å². The summed E-state index contributed by atoms with van der Waals surface area (Å²) in [5.74, 6) is -0.390. The van der Waals surface area contributed by atoms with Gasteiger partial charge >= 0.3 is 0 Å². The van der Waals surface area contributed by atoms with E-state index in [1.807, 2.05) is 30.1 Å². The van der Waals surface area contributed by atoms with E-state index >= 15 is 0 Å². The van der Waals surface area contributed by atoms with Crippen LogP contribution >= 0.6 is 11.6 Å². The highest BCUT2D eigenvalue weighted by Crippen LogP contribution is 2.39. The first-order chi connectivity index (χ1) is 18.8. The fourth-order valence-electron chi connectivity index (χ4n) is 5.96. The van der Waals surface area contributed by atoms with Crippen molar-refractivity contribution in [2.24, 2.45) is 5.41 Å². The summed E-state index contributed by atoms with van der Waals surface area (Å²) in [6.45, 7) is 4.50. The molecule has 0 radical (unpaired) electrons. The molecule has 1 N–H and O–H groups in total. The molecule has 2 unspecified atom stereocenters. The van der Waals surface area contributed by atoms with E-state index in [4.69, 9.17) is 11.6 Å². The van der Waals surface area contributed by atoms with Crippen LogP contribution in [0.4, 0.5) is 10.1 Å². The molecule has 2 amide bonds. The van der Waals surface area contributed by atoms with Crippen molar-refractivity contribution in [1.29, 1.82) is 0 Å². The lowest BCUT2D eigenvalue weighted by molar-refractivity contribution is 0.0769. The highest BCUT2D eigenvalue weighted by molar-refractivity contribution is 6.33. The predicted molar refractivity (Wildman–Crippen MR) is 154 cm³/mol. The largest absolute Gasteiger partial charge is 0.375 e. The summed E-state index contributed by atoms with van der Waals surface area (Å²) >= 11 is 6.23. The molecule has 0 spiro atoms. The first kappa shape index (κ1) is 27.2. The number of nitrogens with one attached hydrogen (secondary N) is 1. The van der Waals surface area contributed by atoms with Crippen LogP contribution in [0.25, 0.3) is 0 Å². The van der Waals surface area contributed by atoms with Gasteiger partial charge in [-0.25, -0.2) is 4.39 Å². The number of halogens is 2. The summed E-state index contributed by atoms with van der Waals surface area (Å²) in [7, 11) is 2.03. The normalized spacial score (nSPS) is 20.1. The molecule has 7 heteroatoms. The molecule has 1 heterocycles. The Kier molecular flexibility index (Phi) is 7.94. The lowest BCUT2D eigenvalue weighted by Gasteiger charge is -2.31. The average Bonchev–Trinajstić information content (AvgIpc) is 3.56. The van der Waals surface area contributed by atoms with Crippen molar-refractivity contribution in [2.75, 3.05) is 31.6 Å². The molecule has 1 aliphatic carbocycles. The Morgan fingerprint density at radius 1 is 1.13 bits per heavy atom. The van der Waals surface area contributed by atoms with Crippen molar-refractivity contribution >= 4 is 29.1 Å². The van der Waals surface area contributed by atoms with Gasteiger partial charge in [-0.15, -0.1) is 0 Å². The summed E-state index contributed by atoms with van der Waals surface area (Å²) in [6.07, 6.45) is 4.58. The number of benzene rings is 3. The maximum atomic E-state index is 13.6. The first-order valence-electron chi connectivity index (χ1n) is 13.7. The Morgan fingerprint density at radius 3 is 2.64 bits per heavy atom. The summed E-state index contributed by atoms with van der Waals surface area (Å²) in [5, 5.41) is 3.55. The SMILES string of the molecule is CCC1(CCN(C)c2ccc(F)cc2)CCN(C(=O)c2ccc3c(c2)C(NC(=O)c2ccccc2Cl)CC3)C1. The molecule has 3 aromatic rings. The van der Waals surface area contributed by atoms with Gasteiger partial charge in [0.05, 0.1) is 16.6 Å². The fraction of sp³-hybridized carbons (Fsp3) is 0.375. The summed E-state index contributed by atoms with van der Waals surface area (Å²) in [5.41, 5.74) is 4.36. The molecule has 1 aliphatic heterocycles. The molecule has 0 saturated carbocycles. The van der Waals surface area contributed by atoms with Crippen LogP contribution in [-0.2, 0) is 6.42 Å². The van der Waals surface area contributed by atoms with Crippen molar-refractivity contribution in [1.82, 2.24) is 10.2 Å². The highest BCUT2D eigenvalue weighted by atomic mass is 35.5.